The van der Waals surface area contributed by atoms with Crippen LogP contribution in [0, 0.1) is 0 Å². The highest BCUT2D eigenvalue weighted by Crippen LogP contribution is 2.26. The van der Waals surface area contributed by atoms with E-state index in [1.54, 1.807) is 13.2 Å². The molecule has 0 radical (unpaired) electrons. The number of furan rings is 1. The molecule has 0 fully saturated rings. The van der Waals surface area contributed by atoms with Crippen LogP contribution < -0.4 is 4.74 Å². The number of aldehydes is 1. The quantitative estimate of drug-likeness (QED) is 0.718. The highest BCUT2D eigenvalue weighted by Gasteiger charge is 2.07. The van der Waals surface area contributed by atoms with Crippen LogP contribution in [0.5, 0.6) is 5.75 Å². The number of hydrogen-bond acceptors (Lipinski definition) is 3. The largest absolute Gasteiger partial charge is 0.497 e. The zero-order valence-corrected chi connectivity index (χ0v) is 8.27. The molecule has 76 valence electrons. The summed E-state index contributed by atoms with van der Waals surface area (Å²) in [6.45, 7) is 0. The third-order valence-corrected chi connectivity index (χ3v) is 2.18. The molecule has 0 N–H and O–H groups in total. The Kier molecular flexibility index (Phi) is 2.54. The Morgan fingerprint density at radius 3 is 2.93 bits per heavy atom. The molecule has 0 atom stereocenters. The van der Waals surface area contributed by atoms with Crippen molar-refractivity contribution in [2.24, 2.45) is 0 Å². The molecule has 0 amide bonds. The third kappa shape index (κ3) is 1.76. The van der Waals surface area contributed by atoms with E-state index in [-0.39, 0.29) is 0 Å². The van der Waals surface area contributed by atoms with Crippen molar-refractivity contribution in [1.82, 2.24) is 0 Å². The molecule has 3 nitrogen and oxygen atoms in total. The van der Waals surface area contributed by atoms with Gasteiger partial charge in [-0.15, -0.1) is 0 Å². The van der Waals surface area contributed by atoms with Crippen LogP contribution in [-0.4, -0.2) is 13.4 Å². The third-order valence-electron chi connectivity index (χ3n) is 2.18. The average Bonchev–Trinajstić information content (AvgIpc) is 2.77. The molecule has 0 aliphatic heterocycles. The molecule has 0 saturated carbocycles. The van der Waals surface area contributed by atoms with Gasteiger partial charge in [-0.3, -0.25) is 4.79 Å². The van der Waals surface area contributed by atoms with Crippen LogP contribution in [0.25, 0.3) is 11.1 Å². The fraction of sp³-hybridized carbons (Fsp3) is 0.0833. The first-order valence-corrected chi connectivity index (χ1v) is 4.52. The van der Waals surface area contributed by atoms with Crippen LogP contribution in [0.2, 0.25) is 0 Å². The normalized spacial score (nSPS) is 9.93. The second-order valence-corrected chi connectivity index (χ2v) is 3.05. The molecule has 0 unspecified atom stereocenters. The van der Waals surface area contributed by atoms with Crippen LogP contribution in [0.3, 0.4) is 0 Å². The smallest absolute Gasteiger partial charge is 0.185 e. The zero-order valence-electron chi connectivity index (χ0n) is 8.27. The fourth-order valence-electron chi connectivity index (χ4n) is 1.44. The minimum atomic E-state index is 0.336. The molecule has 0 bridgehead atoms. The van der Waals surface area contributed by atoms with Crippen LogP contribution in [-0.2, 0) is 0 Å². The van der Waals surface area contributed by atoms with Crippen LogP contribution in [0.15, 0.2) is 41.0 Å². The van der Waals surface area contributed by atoms with Crippen LogP contribution in [0.4, 0.5) is 0 Å². The molecule has 15 heavy (non-hydrogen) atoms. The minimum Gasteiger partial charge on any atom is -0.497 e. The summed E-state index contributed by atoms with van der Waals surface area (Å²) in [5, 5.41) is 0. The molecule has 1 aromatic heterocycles. The number of carbonyl (C=O) groups excluding carboxylic acids is 1. The Hall–Kier alpha value is -2.03. The van der Waals surface area contributed by atoms with Crippen molar-refractivity contribution in [3.63, 3.8) is 0 Å². The average molecular weight is 202 g/mol. The van der Waals surface area contributed by atoms with Gasteiger partial charge in [0.05, 0.1) is 13.4 Å². The molecular weight excluding hydrogens is 192 g/mol. The first-order chi connectivity index (χ1) is 7.35. The number of methoxy groups -OCH3 is 1. The SMILES string of the molecule is COc1cccc(-c2ccoc2C=O)c1. The Labute approximate surface area is 87.3 Å². The number of benzene rings is 1. The topological polar surface area (TPSA) is 39.4 Å². The van der Waals surface area contributed by atoms with Gasteiger partial charge >= 0.3 is 0 Å². The van der Waals surface area contributed by atoms with E-state index in [2.05, 4.69) is 0 Å². The Morgan fingerprint density at radius 1 is 1.33 bits per heavy atom. The molecule has 2 aromatic rings. The predicted octanol–water partition coefficient (Wildman–Crippen LogP) is 2.77. The summed E-state index contributed by atoms with van der Waals surface area (Å²) in [5.74, 6) is 1.09. The summed E-state index contributed by atoms with van der Waals surface area (Å²) in [5.41, 5.74) is 1.69. The molecule has 0 saturated heterocycles. The maximum absolute atomic E-state index is 10.7. The maximum Gasteiger partial charge on any atom is 0.185 e. The summed E-state index contributed by atoms with van der Waals surface area (Å²) in [6, 6.07) is 9.25. The van der Waals surface area contributed by atoms with Crippen molar-refractivity contribution in [2.75, 3.05) is 7.11 Å². The van der Waals surface area contributed by atoms with Gasteiger partial charge < -0.3 is 9.15 Å². The summed E-state index contributed by atoms with van der Waals surface area (Å²) >= 11 is 0. The van der Waals surface area contributed by atoms with E-state index in [4.69, 9.17) is 9.15 Å². The second kappa shape index (κ2) is 4.00. The van der Waals surface area contributed by atoms with Gasteiger partial charge in [0, 0.05) is 5.56 Å². The molecule has 1 heterocycles. The lowest BCUT2D eigenvalue weighted by molar-refractivity contribution is 0.110. The molecule has 1 aromatic carbocycles. The molecule has 0 aliphatic carbocycles. The summed E-state index contributed by atoms with van der Waals surface area (Å²) in [7, 11) is 1.61. The monoisotopic (exact) mass is 202 g/mol. The highest BCUT2D eigenvalue weighted by molar-refractivity contribution is 5.84. The van der Waals surface area contributed by atoms with Crippen molar-refractivity contribution in [2.45, 2.75) is 0 Å². The summed E-state index contributed by atoms with van der Waals surface area (Å²) in [4.78, 5) is 10.7. The van der Waals surface area contributed by atoms with E-state index in [1.165, 1.54) is 6.26 Å². The first kappa shape index (κ1) is 9.52. The molecule has 3 heteroatoms. The van der Waals surface area contributed by atoms with E-state index >= 15 is 0 Å². The highest BCUT2D eigenvalue weighted by atomic mass is 16.5. The Bertz CT molecular complexity index is 471. The van der Waals surface area contributed by atoms with Crippen molar-refractivity contribution in [3.8, 4) is 16.9 Å². The van der Waals surface area contributed by atoms with Gasteiger partial charge in [0.25, 0.3) is 0 Å². The lowest BCUT2D eigenvalue weighted by Crippen LogP contribution is -1.85. The first-order valence-electron chi connectivity index (χ1n) is 4.52. The second-order valence-electron chi connectivity index (χ2n) is 3.05. The van der Waals surface area contributed by atoms with Gasteiger partial charge in [-0.1, -0.05) is 12.1 Å². The standard InChI is InChI=1S/C12H10O3/c1-14-10-4-2-3-9(7-10)11-5-6-15-12(11)8-13/h2-8H,1H3. The Morgan fingerprint density at radius 2 is 2.20 bits per heavy atom. The maximum atomic E-state index is 10.7. The van der Waals surface area contributed by atoms with Gasteiger partial charge in [0.15, 0.2) is 12.0 Å². The van der Waals surface area contributed by atoms with E-state index in [9.17, 15) is 4.79 Å². The van der Waals surface area contributed by atoms with Crippen molar-refractivity contribution in [3.05, 3.63) is 42.4 Å². The van der Waals surface area contributed by atoms with E-state index in [0.29, 0.717) is 12.0 Å². The Balaban J connectivity index is 2.48. The minimum absolute atomic E-state index is 0.336. The van der Waals surface area contributed by atoms with Crippen molar-refractivity contribution in [1.29, 1.82) is 0 Å². The van der Waals surface area contributed by atoms with Gasteiger partial charge in [0.1, 0.15) is 5.75 Å². The molecule has 0 aliphatic rings. The predicted molar refractivity (Wildman–Crippen MR) is 56.1 cm³/mol. The van der Waals surface area contributed by atoms with Gasteiger partial charge in [-0.2, -0.15) is 0 Å². The summed E-state index contributed by atoms with van der Waals surface area (Å²) in [6.07, 6.45) is 2.20. The molecular formula is C12H10O3. The lowest BCUT2D eigenvalue weighted by Gasteiger charge is -2.02. The lowest BCUT2D eigenvalue weighted by atomic mass is 10.1. The van der Waals surface area contributed by atoms with E-state index in [1.807, 2.05) is 24.3 Å². The van der Waals surface area contributed by atoms with Crippen LogP contribution in [0.1, 0.15) is 10.6 Å². The molecule has 2 rings (SSSR count). The summed E-state index contributed by atoms with van der Waals surface area (Å²) < 4.78 is 10.1. The van der Waals surface area contributed by atoms with Crippen LogP contribution >= 0.6 is 0 Å². The molecule has 0 spiro atoms. The fourth-order valence-corrected chi connectivity index (χ4v) is 1.44. The zero-order chi connectivity index (χ0) is 10.7. The van der Waals surface area contributed by atoms with Gasteiger partial charge in [-0.25, -0.2) is 0 Å². The van der Waals surface area contributed by atoms with Crippen molar-refractivity contribution >= 4 is 6.29 Å². The van der Waals surface area contributed by atoms with E-state index < -0.39 is 0 Å². The van der Waals surface area contributed by atoms with Gasteiger partial charge in [-0.05, 0) is 23.8 Å². The number of hydrogen-bond donors (Lipinski definition) is 0. The number of rotatable bonds is 3. The van der Waals surface area contributed by atoms with Gasteiger partial charge in [0.2, 0.25) is 0 Å². The van der Waals surface area contributed by atoms with E-state index in [0.717, 1.165) is 16.9 Å². The number of carbonyl (C=O) groups is 1. The van der Waals surface area contributed by atoms with Crippen molar-refractivity contribution < 1.29 is 13.9 Å². The number of ether oxygens (including phenoxy) is 1.